The SMILES string of the molecule is CCOC(=O)c1ccc(C#N)c(C(F)F)c1Br. The van der Waals surface area contributed by atoms with Gasteiger partial charge in [0.25, 0.3) is 6.43 Å². The van der Waals surface area contributed by atoms with Crippen LogP contribution in [0.2, 0.25) is 0 Å². The summed E-state index contributed by atoms with van der Waals surface area (Å²) in [5.74, 6) is -0.703. The fraction of sp³-hybridized carbons (Fsp3) is 0.273. The molecule has 17 heavy (non-hydrogen) atoms. The number of carbonyl (C=O) groups is 1. The smallest absolute Gasteiger partial charge is 0.339 e. The van der Waals surface area contributed by atoms with Crippen molar-refractivity contribution in [3.8, 4) is 6.07 Å². The predicted molar refractivity (Wildman–Crippen MR) is 59.8 cm³/mol. The van der Waals surface area contributed by atoms with Gasteiger partial charge in [-0.05, 0) is 35.0 Å². The molecule has 0 amide bonds. The number of nitrogens with zero attached hydrogens (tertiary/aromatic N) is 1. The summed E-state index contributed by atoms with van der Waals surface area (Å²) < 4.78 is 30.2. The Bertz CT molecular complexity index is 483. The number of ether oxygens (including phenoxy) is 1. The lowest BCUT2D eigenvalue weighted by Gasteiger charge is -2.10. The Morgan fingerprint density at radius 1 is 1.59 bits per heavy atom. The zero-order valence-electron chi connectivity index (χ0n) is 8.84. The molecule has 0 unspecified atom stereocenters. The first-order valence-electron chi connectivity index (χ1n) is 4.70. The Kier molecular flexibility index (Phi) is 4.58. The fourth-order valence-corrected chi connectivity index (χ4v) is 1.95. The van der Waals surface area contributed by atoms with E-state index in [4.69, 9.17) is 10.00 Å². The topological polar surface area (TPSA) is 50.1 Å². The third-order valence-corrected chi connectivity index (χ3v) is 2.87. The average molecular weight is 304 g/mol. The molecule has 0 aromatic heterocycles. The van der Waals surface area contributed by atoms with Gasteiger partial charge in [0.05, 0.1) is 29.4 Å². The molecule has 3 nitrogen and oxygen atoms in total. The van der Waals surface area contributed by atoms with Gasteiger partial charge in [-0.1, -0.05) is 0 Å². The molecule has 0 bridgehead atoms. The van der Waals surface area contributed by atoms with Crippen LogP contribution >= 0.6 is 15.9 Å². The molecular formula is C11H8BrF2NO2. The molecule has 0 N–H and O–H groups in total. The van der Waals surface area contributed by atoms with E-state index >= 15 is 0 Å². The first-order chi connectivity index (χ1) is 8.02. The van der Waals surface area contributed by atoms with Crippen molar-refractivity contribution in [1.82, 2.24) is 0 Å². The third kappa shape index (κ3) is 2.80. The van der Waals surface area contributed by atoms with Gasteiger partial charge < -0.3 is 4.74 Å². The van der Waals surface area contributed by atoms with Gasteiger partial charge in [-0.3, -0.25) is 0 Å². The summed E-state index contributed by atoms with van der Waals surface area (Å²) in [6, 6.07) is 4.12. The Labute approximate surface area is 105 Å². The zero-order chi connectivity index (χ0) is 13.0. The Balaban J connectivity index is 3.34. The predicted octanol–water partition coefficient (Wildman–Crippen LogP) is 3.44. The molecule has 0 aliphatic carbocycles. The summed E-state index contributed by atoms with van der Waals surface area (Å²) >= 11 is 2.91. The van der Waals surface area contributed by atoms with Crippen molar-refractivity contribution in [3.05, 3.63) is 33.3 Å². The second kappa shape index (κ2) is 5.73. The van der Waals surface area contributed by atoms with Crippen LogP contribution in [0.15, 0.2) is 16.6 Å². The van der Waals surface area contributed by atoms with E-state index in [1.807, 2.05) is 0 Å². The van der Waals surface area contributed by atoms with Crippen molar-refractivity contribution >= 4 is 21.9 Å². The molecule has 0 aliphatic rings. The minimum absolute atomic E-state index is 0.0128. The highest BCUT2D eigenvalue weighted by Crippen LogP contribution is 2.33. The molecule has 0 saturated heterocycles. The second-order valence-corrected chi connectivity index (χ2v) is 3.81. The molecule has 0 atom stereocenters. The van der Waals surface area contributed by atoms with E-state index in [1.54, 1.807) is 13.0 Å². The average Bonchev–Trinajstić information content (AvgIpc) is 2.27. The fourth-order valence-electron chi connectivity index (χ4n) is 1.27. The summed E-state index contributed by atoms with van der Waals surface area (Å²) in [6.07, 6.45) is -2.84. The number of nitriles is 1. The highest BCUT2D eigenvalue weighted by Gasteiger charge is 2.22. The largest absolute Gasteiger partial charge is 0.462 e. The van der Waals surface area contributed by atoms with E-state index in [2.05, 4.69) is 15.9 Å². The summed E-state index contributed by atoms with van der Waals surface area (Å²) in [6.45, 7) is 1.76. The van der Waals surface area contributed by atoms with Gasteiger partial charge in [-0.2, -0.15) is 5.26 Å². The maximum atomic E-state index is 12.8. The van der Waals surface area contributed by atoms with Crippen LogP contribution in [0.5, 0.6) is 0 Å². The van der Waals surface area contributed by atoms with Crippen molar-refractivity contribution in [2.45, 2.75) is 13.3 Å². The minimum atomic E-state index is -2.84. The molecule has 90 valence electrons. The highest BCUT2D eigenvalue weighted by molar-refractivity contribution is 9.10. The van der Waals surface area contributed by atoms with Crippen LogP contribution in [-0.2, 0) is 4.74 Å². The number of alkyl halides is 2. The first kappa shape index (κ1) is 13.6. The van der Waals surface area contributed by atoms with Crippen LogP contribution in [-0.4, -0.2) is 12.6 Å². The van der Waals surface area contributed by atoms with E-state index in [0.29, 0.717) is 0 Å². The monoisotopic (exact) mass is 303 g/mol. The standard InChI is InChI=1S/C11H8BrF2NO2/c1-2-17-11(16)7-4-3-6(5-15)8(9(7)12)10(13)14/h3-4,10H,2H2,1H3. The Morgan fingerprint density at radius 2 is 2.24 bits per heavy atom. The van der Waals surface area contributed by atoms with Crippen LogP contribution in [0.1, 0.15) is 34.8 Å². The number of hydrogen-bond acceptors (Lipinski definition) is 3. The van der Waals surface area contributed by atoms with E-state index in [0.717, 1.165) is 0 Å². The maximum Gasteiger partial charge on any atom is 0.339 e. The number of halogens is 3. The lowest BCUT2D eigenvalue weighted by Crippen LogP contribution is -2.08. The van der Waals surface area contributed by atoms with Gasteiger partial charge in [0.15, 0.2) is 0 Å². The van der Waals surface area contributed by atoms with Gasteiger partial charge in [-0.15, -0.1) is 0 Å². The number of carbonyl (C=O) groups excluding carboxylic acids is 1. The van der Waals surface area contributed by atoms with E-state index < -0.39 is 18.0 Å². The normalized spacial score (nSPS) is 10.1. The Morgan fingerprint density at radius 3 is 2.71 bits per heavy atom. The summed E-state index contributed by atoms with van der Waals surface area (Å²) in [4.78, 5) is 11.5. The molecule has 0 saturated carbocycles. The number of hydrogen-bond donors (Lipinski definition) is 0. The van der Waals surface area contributed by atoms with Gasteiger partial charge in [0.2, 0.25) is 0 Å². The molecule has 1 aromatic rings. The lowest BCUT2D eigenvalue weighted by molar-refractivity contribution is 0.0524. The summed E-state index contributed by atoms with van der Waals surface area (Å²) in [5, 5.41) is 8.70. The molecule has 0 spiro atoms. The summed E-state index contributed by atoms with van der Waals surface area (Å²) in [7, 11) is 0. The van der Waals surface area contributed by atoms with Gasteiger partial charge in [0.1, 0.15) is 0 Å². The van der Waals surface area contributed by atoms with Crippen molar-refractivity contribution in [1.29, 1.82) is 5.26 Å². The number of esters is 1. The van der Waals surface area contributed by atoms with Crippen LogP contribution < -0.4 is 0 Å². The Hall–Kier alpha value is -1.48. The highest BCUT2D eigenvalue weighted by atomic mass is 79.9. The number of rotatable bonds is 3. The quantitative estimate of drug-likeness (QED) is 0.804. The van der Waals surface area contributed by atoms with Crippen LogP contribution in [0, 0.1) is 11.3 Å². The zero-order valence-corrected chi connectivity index (χ0v) is 10.4. The molecule has 0 radical (unpaired) electrons. The molecule has 1 rings (SSSR count). The molecule has 0 fully saturated rings. The second-order valence-electron chi connectivity index (χ2n) is 3.02. The minimum Gasteiger partial charge on any atom is -0.462 e. The maximum absolute atomic E-state index is 12.8. The molecule has 1 aromatic carbocycles. The van der Waals surface area contributed by atoms with Crippen molar-refractivity contribution < 1.29 is 18.3 Å². The summed E-state index contributed by atoms with van der Waals surface area (Å²) in [5.41, 5.74) is -0.667. The molecule has 0 heterocycles. The van der Waals surface area contributed by atoms with Gasteiger partial charge >= 0.3 is 5.97 Å². The van der Waals surface area contributed by atoms with E-state index in [1.165, 1.54) is 12.1 Å². The third-order valence-electron chi connectivity index (χ3n) is 2.01. The van der Waals surface area contributed by atoms with E-state index in [-0.39, 0.29) is 22.2 Å². The van der Waals surface area contributed by atoms with Crippen LogP contribution in [0.25, 0.3) is 0 Å². The molecule has 6 heteroatoms. The van der Waals surface area contributed by atoms with Gasteiger partial charge in [-0.25, -0.2) is 13.6 Å². The van der Waals surface area contributed by atoms with Crippen LogP contribution in [0.3, 0.4) is 0 Å². The number of benzene rings is 1. The molecular weight excluding hydrogens is 296 g/mol. The van der Waals surface area contributed by atoms with E-state index in [9.17, 15) is 13.6 Å². The van der Waals surface area contributed by atoms with Crippen molar-refractivity contribution in [2.24, 2.45) is 0 Å². The van der Waals surface area contributed by atoms with Crippen LogP contribution in [0.4, 0.5) is 8.78 Å². The van der Waals surface area contributed by atoms with Crippen molar-refractivity contribution in [3.63, 3.8) is 0 Å². The molecule has 0 aliphatic heterocycles. The van der Waals surface area contributed by atoms with Crippen molar-refractivity contribution in [2.75, 3.05) is 6.61 Å². The van der Waals surface area contributed by atoms with Gasteiger partial charge in [0, 0.05) is 4.47 Å². The lowest BCUT2D eigenvalue weighted by atomic mass is 10.1. The first-order valence-corrected chi connectivity index (χ1v) is 5.50.